The second-order valence-electron chi connectivity index (χ2n) is 6.53. The van der Waals surface area contributed by atoms with Gasteiger partial charge in [-0.1, -0.05) is 12.1 Å². The first-order valence-electron chi connectivity index (χ1n) is 8.39. The maximum Gasteiger partial charge on any atom is 0.168 e. The van der Waals surface area contributed by atoms with Crippen molar-refractivity contribution in [3.63, 3.8) is 0 Å². The van der Waals surface area contributed by atoms with Gasteiger partial charge in [-0.3, -0.25) is 10.1 Å². The van der Waals surface area contributed by atoms with Crippen molar-refractivity contribution < 1.29 is 9.18 Å². The Balaban J connectivity index is 1.56. The smallest absolute Gasteiger partial charge is 0.168 e. The summed E-state index contributed by atoms with van der Waals surface area (Å²) in [5, 5.41) is 10.3. The van der Waals surface area contributed by atoms with Crippen LogP contribution in [0.4, 0.5) is 4.39 Å². The lowest BCUT2D eigenvalue weighted by atomic mass is 9.85. The fourth-order valence-electron chi connectivity index (χ4n) is 3.48. The Morgan fingerprint density at radius 3 is 2.78 bits per heavy atom. The Morgan fingerprint density at radius 2 is 2.09 bits per heavy atom. The van der Waals surface area contributed by atoms with E-state index in [9.17, 15) is 9.18 Å². The summed E-state index contributed by atoms with van der Waals surface area (Å²) in [6.45, 7) is 2.60. The molecule has 23 heavy (non-hydrogen) atoms. The van der Waals surface area contributed by atoms with Crippen molar-refractivity contribution in [3.05, 3.63) is 35.6 Å². The molecule has 1 aromatic carbocycles. The summed E-state index contributed by atoms with van der Waals surface area (Å²) in [4.78, 5) is 12.5. The molecule has 3 rings (SSSR count). The maximum absolute atomic E-state index is 13.3. The molecule has 126 valence electrons. The van der Waals surface area contributed by atoms with Crippen molar-refractivity contribution in [2.45, 2.75) is 37.5 Å². The molecule has 2 saturated heterocycles. The van der Waals surface area contributed by atoms with E-state index in [1.807, 2.05) is 0 Å². The summed E-state index contributed by atoms with van der Waals surface area (Å²) in [6, 6.07) is 6.12. The van der Waals surface area contributed by atoms with Gasteiger partial charge in [0.1, 0.15) is 5.82 Å². The molecule has 5 N–H and O–H groups in total. The standard InChI is InChI=1S/C17H25FN4O/c18-12-3-1-2-11(8-12)17(23)14-10-21-16(9-15(14)19)22-13-4-6-20-7-5-13/h1-3,8,13-16,20-22H,4-7,9-10,19H2. The number of carbonyl (C=O) groups excluding carboxylic acids is 1. The summed E-state index contributed by atoms with van der Waals surface area (Å²) in [5.74, 6) is -0.772. The van der Waals surface area contributed by atoms with E-state index in [-0.39, 0.29) is 23.9 Å². The van der Waals surface area contributed by atoms with Crippen molar-refractivity contribution in [2.75, 3.05) is 19.6 Å². The normalized spacial score (nSPS) is 29.4. The Labute approximate surface area is 136 Å². The van der Waals surface area contributed by atoms with E-state index in [0.29, 0.717) is 24.6 Å². The highest BCUT2D eigenvalue weighted by Crippen LogP contribution is 2.19. The van der Waals surface area contributed by atoms with Crippen LogP contribution in [0.3, 0.4) is 0 Å². The monoisotopic (exact) mass is 320 g/mol. The molecule has 2 aliphatic heterocycles. The number of rotatable bonds is 4. The second-order valence-corrected chi connectivity index (χ2v) is 6.53. The molecule has 6 heteroatoms. The molecule has 5 nitrogen and oxygen atoms in total. The van der Waals surface area contributed by atoms with Gasteiger partial charge in [-0.2, -0.15) is 0 Å². The first-order valence-corrected chi connectivity index (χ1v) is 8.39. The van der Waals surface area contributed by atoms with Crippen LogP contribution in [0.25, 0.3) is 0 Å². The summed E-state index contributed by atoms with van der Waals surface area (Å²) < 4.78 is 13.3. The van der Waals surface area contributed by atoms with Crippen molar-refractivity contribution in [1.82, 2.24) is 16.0 Å². The van der Waals surface area contributed by atoms with Gasteiger partial charge in [0.15, 0.2) is 5.78 Å². The summed E-state index contributed by atoms with van der Waals surface area (Å²) >= 11 is 0. The Morgan fingerprint density at radius 1 is 1.30 bits per heavy atom. The molecule has 1 aromatic rings. The third kappa shape index (κ3) is 4.14. The minimum Gasteiger partial charge on any atom is -0.327 e. The van der Waals surface area contributed by atoms with E-state index in [2.05, 4.69) is 16.0 Å². The maximum atomic E-state index is 13.3. The van der Waals surface area contributed by atoms with Crippen molar-refractivity contribution in [3.8, 4) is 0 Å². The number of nitrogens with two attached hydrogens (primary N) is 1. The number of piperidine rings is 2. The average Bonchev–Trinajstić information content (AvgIpc) is 2.55. The molecule has 0 aromatic heterocycles. The van der Waals surface area contributed by atoms with E-state index in [4.69, 9.17) is 5.73 Å². The third-order valence-corrected chi connectivity index (χ3v) is 4.83. The fourth-order valence-corrected chi connectivity index (χ4v) is 3.48. The van der Waals surface area contributed by atoms with Crippen LogP contribution in [-0.4, -0.2) is 43.7 Å². The predicted octanol–water partition coefficient (Wildman–Crippen LogP) is 0.613. The van der Waals surface area contributed by atoms with Gasteiger partial charge in [0.2, 0.25) is 0 Å². The fraction of sp³-hybridized carbons (Fsp3) is 0.588. The van der Waals surface area contributed by atoms with Crippen molar-refractivity contribution >= 4 is 5.78 Å². The van der Waals surface area contributed by atoms with E-state index < -0.39 is 5.82 Å². The minimum atomic E-state index is -0.390. The Kier molecular flexibility index (Phi) is 5.38. The van der Waals surface area contributed by atoms with Crippen LogP contribution in [-0.2, 0) is 0 Å². The molecule has 0 spiro atoms. The molecule has 3 atom stereocenters. The van der Waals surface area contributed by atoms with E-state index in [0.717, 1.165) is 25.9 Å². The summed E-state index contributed by atoms with van der Waals surface area (Å²) in [5.41, 5.74) is 6.64. The second kappa shape index (κ2) is 7.49. The van der Waals surface area contributed by atoms with E-state index >= 15 is 0 Å². The number of benzene rings is 1. The molecule has 0 bridgehead atoms. The van der Waals surface area contributed by atoms with Gasteiger partial charge in [-0.05, 0) is 44.5 Å². The quantitative estimate of drug-likeness (QED) is 0.612. The number of Topliss-reactive ketones (excluding diaryl/α,β-unsaturated/α-hetero) is 1. The highest BCUT2D eigenvalue weighted by atomic mass is 19.1. The number of nitrogens with one attached hydrogen (secondary N) is 3. The van der Waals surface area contributed by atoms with Gasteiger partial charge >= 0.3 is 0 Å². The van der Waals surface area contributed by atoms with Gasteiger partial charge in [0, 0.05) is 24.2 Å². The largest absolute Gasteiger partial charge is 0.327 e. The molecule has 0 aliphatic carbocycles. The number of hydrogen-bond donors (Lipinski definition) is 4. The average molecular weight is 320 g/mol. The van der Waals surface area contributed by atoms with Crippen LogP contribution < -0.4 is 21.7 Å². The molecular weight excluding hydrogens is 295 g/mol. The highest BCUT2D eigenvalue weighted by molar-refractivity contribution is 5.98. The van der Waals surface area contributed by atoms with E-state index in [1.165, 1.54) is 12.1 Å². The molecule has 2 aliphatic rings. The number of halogens is 1. The molecule has 0 amide bonds. The molecule has 0 radical (unpaired) electrons. The highest BCUT2D eigenvalue weighted by Gasteiger charge is 2.33. The number of ketones is 1. The van der Waals surface area contributed by atoms with Crippen LogP contribution in [0, 0.1) is 11.7 Å². The van der Waals surface area contributed by atoms with E-state index in [1.54, 1.807) is 12.1 Å². The SMILES string of the molecule is NC1CC(NC2CCNCC2)NCC1C(=O)c1cccc(F)c1. The molecule has 2 fully saturated rings. The molecule has 0 saturated carbocycles. The number of carbonyl (C=O) groups is 1. The van der Waals surface area contributed by atoms with Gasteiger partial charge < -0.3 is 16.4 Å². The Bertz CT molecular complexity index is 547. The van der Waals surface area contributed by atoms with Crippen LogP contribution in [0.1, 0.15) is 29.6 Å². The van der Waals surface area contributed by atoms with Crippen LogP contribution >= 0.6 is 0 Å². The van der Waals surface area contributed by atoms with Crippen LogP contribution in [0.2, 0.25) is 0 Å². The predicted molar refractivity (Wildman–Crippen MR) is 87.6 cm³/mol. The van der Waals surface area contributed by atoms with Crippen LogP contribution in [0.15, 0.2) is 24.3 Å². The third-order valence-electron chi connectivity index (χ3n) is 4.83. The molecule has 2 heterocycles. The molecule has 3 unspecified atom stereocenters. The zero-order valence-electron chi connectivity index (χ0n) is 13.2. The number of hydrogen-bond acceptors (Lipinski definition) is 5. The lowest BCUT2D eigenvalue weighted by Gasteiger charge is -2.37. The topological polar surface area (TPSA) is 79.2 Å². The first kappa shape index (κ1) is 16.5. The summed E-state index contributed by atoms with van der Waals surface area (Å²) in [6.07, 6.45) is 3.07. The zero-order chi connectivity index (χ0) is 16.2. The van der Waals surface area contributed by atoms with Gasteiger partial charge in [-0.25, -0.2) is 4.39 Å². The minimum absolute atomic E-state index is 0.0789. The zero-order valence-corrected chi connectivity index (χ0v) is 13.2. The van der Waals surface area contributed by atoms with Crippen LogP contribution in [0.5, 0.6) is 0 Å². The lowest BCUT2D eigenvalue weighted by molar-refractivity contribution is 0.0856. The van der Waals surface area contributed by atoms with Gasteiger partial charge in [0.05, 0.1) is 12.1 Å². The van der Waals surface area contributed by atoms with Gasteiger partial charge in [0.25, 0.3) is 0 Å². The lowest BCUT2D eigenvalue weighted by Crippen LogP contribution is -2.60. The summed E-state index contributed by atoms with van der Waals surface area (Å²) in [7, 11) is 0. The first-order chi connectivity index (χ1) is 11.1. The Hall–Kier alpha value is -1.34. The van der Waals surface area contributed by atoms with Crippen molar-refractivity contribution in [1.29, 1.82) is 0 Å². The molecular formula is C17H25FN4O. The van der Waals surface area contributed by atoms with Crippen molar-refractivity contribution in [2.24, 2.45) is 11.7 Å². The van der Waals surface area contributed by atoms with Gasteiger partial charge in [-0.15, -0.1) is 0 Å².